The highest BCUT2D eigenvalue weighted by atomic mass is 14.9. The molecule has 2 rings (SSSR count). The maximum Gasteiger partial charge on any atom is 0.0482 e. The molecule has 0 spiro atoms. The predicted octanol–water partition coefficient (Wildman–Crippen LogP) is 3.58. The summed E-state index contributed by atoms with van der Waals surface area (Å²) in [5, 5.41) is 1.39. The fourth-order valence-corrected chi connectivity index (χ4v) is 3.01. The van der Waals surface area contributed by atoms with Crippen molar-refractivity contribution in [3.8, 4) is 0 Å². The first-order valence-corrected chi connectivity index (χ1v) is 6.81. The molecular formula is C16H24N2. The largest absolute Gasteiger partial charge is 0.348 e. The van der Waals surface area contributed by atoms with E-state index in [9.17, 15) is 0 Å². The van der Waals surface area contributed by atoms with Gasteiger partial charge in [-0.1, -0.05) is 32.0 Å². The van der Waals surface area contributed by atoms with Crippen molar-refractivity contribution >= 4 is 10.9 Å². The first-order chi connectivity index (χ1) is 8.57. The van der Waals surface area contributed by atoms with Crippen LogP contribution in [0.1, 0.15) is 37.4 Å². The number of hydrogen-bond donors (Lipinski definition) is 1. The van der Waals surface area contributed by atoms with Crippen LogP contribution in [0.15, 0.2) is 24.3 Å². The summed E-state index contributed by atoms with van der Waals surface area (Å²) in [6.07, 6.45) is 1.06. The predicted molar refractivity (Wildman–Crippen MR) is 78.9 cm³/mol. The van der Waals surface area contributed by atoms with E-state index in [1.54, 1.807) is 0 Å². The molecule has 1 atom stereocenters. The lowest BCUT2D eigenvalue weighted by molar-refractivity contribution is 0.473. The number of fused-ring (bicyclic) bond motifs is 1. The van der Waals surface area contributed by atoms with Gasteiger partial charge < -0.3 is 10.3 Å². The molecule has 0 amide bonds. The minimum atomic E-state index is 0.557. The molecule has 0 aliphatic carbocycles. The summed E-state index contributed by atoms with van der Waals surface area (Å²) in [6, 6.07) is 8.68. The highest BCUT2D eigenvalue weighted by molar-refractivity contribution is 5.86. The Bertz CT molecular complexity index is 537. The van der Waals surface area contributed by atoms with E-state index in [-0.39, 0.29) is 0 Å². The van der Waals surface area contributed by atoms with Crippen LogP contribution in [0, 0.1) is 12.8 Å². The molecule has 1 aromatic carbocycles. The minimum Gasteiger partial charge on any atom is -0.348 e. The summed E-state index contributed by atoms with van der Waals surface area (Å²) in [6.45, 7) is 7.57. The Morgan fingerprint density at radius 1 is 1.22 bits per heavy atom. The van der Waals surface area contributed by atoms with Gasteiger partial charge in [-0.3, -0.25) is 0 Å². The fourth-order valence-electron chi connectivity index (χ4n) is 3.01. The van der Waals surface area contributed by atoms with Crippen molar-refractivity contribution in [2.45, 2.75) is 33.1 Å². The van der Waals surface area contributed by atoms with E-state index in [1.807, 2.05) is 0 Å². The van der Waals surface area contributed by atoms with Crippen LogP contribution in [0.4, 0.5) is 0 Å². The Labute approximate surface area is 110 Å². The number of para-hydroxylation sites is 1. The third-order valence-electron chi connectivity index (χ3n) is 4.10. The van der Waals surface area contributed by atoms with Crippen molar-refractivity contribution in [1.82, 2.24) is 4.57 Å². The standard InChI is InChI=1S/C16H24N2/c1-11(2)13(9-10-17)16-12(3)18(4)15-8-6-5-7-14(15)16/h5-8,11,13H,9-10,17H2,1-4H3. The minimum absolute atomic E-state index is 0.557. The van der Waals surface area contributed by atoms with Crippen molar-refractivity contribution in [3.05, 3.63) is 35.5 Å². The highest BCUT2D eigenvalue weighted by Crippen LogP contribution is 2.36. The number of aromatic nitrogens is 1. The first-order valence-electron chi connectivity index (χ1n) is 6.81. The van der Waals surface area contributed by atoms with Crippen LogP contribution in [-0.4, -0.2) is 11.1 Å². The van der Waals surface area contributed by atoms with Gasteiger partial charge in [0.1, 0.15) is 0 Å². The molecule has 2 N–H and O–H groups in total. The molecule has 0 bridgehead atoms. The summed E-state index contributed by atoms with van der Waals surface area (Å²) in [5.41, 5.74) is 10.00. The second-order valence-electron chi connectivity index (χ2n) is 5.50. The van der Waals surface area contributed by atoms with E-state index in [4.69, 9.17) is 5.73 Å². The number of benzene rings is 1. The number of hydrogen-bond acceptors (Lipinski definition) is 1. The van der Waals surface area contributed by atoms with Crippen molar-refractivity contribution in [2.24, 2.45) is 18.7 Å². The lowest BCUT2D eigenvalue weighted by Crippen LogP contribution is -2.13. The number of nitrogens with zero attached hydrogens (tertiary/aromatic N) is 1. The number of aryl methyl sites for hydroxylation is 1. The van der Waals surface area contributed by atoms with Gasteiger partial charge >= 0.3 is 0 Å². The Hall–Kier alpha value is -1.28. The third-order valence-corrected chi connectivity index (χ3v) is 4.10. The summed E-state index contributed by atoms with van der Waals surface area (Å²) in [4.78, 5) is 0. The molecule has 2 heteroatoms. The molecule has 98 valence electrons. The highest BCUT2D eigenvalue weighted by Gasteiger charge is 2.22. The van der Waals surface area contributed by atoms with Gasteiger partial charge in [0.25, 0.3) is 0 Å². The number of nitrogens with two attached hydrogens (primary N) is 1. The molecule has 1 aromatic heterocycles. The van der Waals surface area contributed by atoms with Crippen LogP contribution in [0.2, 0.25) is 0 Å². The van der Waals surface area contributed by atoms with E-state index in [0.29, 0.717) is 11.8 Å². The van der Waals surface area contributed by atoms with Gasteiger partial charge in [-0.05, 0) is 43.4 Å². The maximum atomic E-state index is 5.80. The molecule has 0 saturated heterocycles. The average Bonchev–Trinajstić information content (AvgIpc) is 2.60. The zero-order valence-electron chi connectivity index (χ0n) is 11.9. The van der Waals surface area contributed by atoms with E-state index < -0.39 is 0 Å². The fraction of sp³-hybridized carbons (Fsp3) is 0.500. The average molecular weight is 244 g/mol. The van der Waals surface area contributed by atoms with E-state index in [0.717, 1.165) is 13.0 Å². The second-order valence-corrected chi connectivity index (χ2v) is 5.50. The van der Waals surface area contributed by atoms with Gasteiger partial charge in [0.2, 0.25) is 0 Å². The van der Waals surface area contributed by atoms with E-state index in [1.165, 1.54) is 22.2 Å². The third kappa shape index (κ3) is 2.05. The molecular weight excluding hydrogens is 220 g/mol. The van der Waals surface area contributed by atoms with Crippen LogP contribution in [0.3, 0.4) is 0 Å². The number of rotatable bonds is 4. The van der Waals surface area contributed by atoms with Crippen LogP contribution in [0.25, 0.3) is 10.9 Å². The van der Waals surface area contributed by atoms with Crippen molar-refractivity contribution in [3.63, 3.8) is 0 Å². The Balaban J connectivity index is 2.65. The van der Waals surface area contributed by atoms with Crippen molar-refractivity contribution in [2.75, 3.05) is 6.54 Å². The molecule has 0 aliphatic rings. The van der Waals surface area contributed by atoms with E-state index >= 15 is 0 Å². The quantitative estimate of drug-likeness (QED) is 0.875. The molecule has 0 radical (unpaired) electrons. The summed E-state index contributed by atoms with van der Waals surface area (Å²) >= 11 is 0. The SMILES string of the molecule is Cc1c(C(CCN)C(C)C)c2ccccc2n1C. The Morgan fingerprint density at radius 2 is 1.89 bits per heavy atom. The van der Waals surface area contributed by atoms with Gasteiger partial charge in [-0.25, -0.2) is 0 Å². The van der Waals surface area contributed by atoms with E-state index in [2.05, 4.69) is 56.7 Å². The van der Waals surface area contributed by atoms with Crippen LogP contribution < -0.4 is 5.73 Å². The maximum absolute atomic E-state index is 5.80. The van der Waals surface area contributed by atoms with Gasteiger partial charge in [0.15, 0.2) is 0 Å². The molecule has 2 nitrogen and oxygen atoms in total. The van der Waals surface area contributed by atoms with Crippen molar-refractivity contribution in [1.29, 1.82) is 0 Å². The zero-order chi connectivity index (χ0) is 13.3. The van der Waals surface area contributed by atoms with Gasteiger partial charge in [0.05, 0.1) is 0 Å². The lowest BCUT2D eigenvalue weighted by atomic mass is 9.84. The molecule has 2 aromatic rings. The van der Waals surface area contributed by atoms with Gasteiger partial charge in [0, 0.05) is 23.6 Å². The smallest absolute Gasteiger partial charge is 0.0482 e. The van der Waals surface area contributed by atoms with Gasteiger partial charge in [-0.2, -0.15) is 0 Å². The van der Waals surface area contributed by atoms with Crippen LogP contribution in [-0.2, 0) is 7.05 Å². The molecule has 0 saturated carbocycles. The summed E-state index contributed by atoms with van der Waals surface area (Å²) < 4.78 is 2.30. The first kappa shape index (κ1) is 13.2. The Morgan fingerprint density at radius 3 is 2.50 bits per heavy atom. The zero-order valence-corrected chi connectivity index (χ0v) is 11.9. The normalized spacial score (nSPS) is 13.4. The van der Waals surface area contributed by atoms with Gasteiger partial charge in [-0.15, -0.1) is 0 Å². The molecule has 18 heavy (non-hydrogen) atoms. The summed E-state index contributed by atoms with van der Waals surface area (Å²) in [7, 11) is 2.15. The molecule has 1 heterocycles. The Kier molecular flexibility index (Phi) is 3.76. The molecule has 1 unspecified atom stereocenters. The second kappa shape index (κ2) is 5.15. The monoisotopic (exact) mass is 244 g/mol. The molecule has 0 aliphatic heterocycles. The van der Waals surface area contributed by atoms with Crippen molar-refractivity contribution < 1.29 is 0 Å². The molecule has 0 fully saturated rings. The summed E-state index contributed by atoms with van der Waals surface area (Å²) in [5.74, 6) is 1.18. The lowest BCUT2D eigenvalue weighted by Gasteiger charge is -2.21. The van der Waals surface area contributed by atoms with Crippen LogP contribution in [0.5, 0.6) is 0 Å². The topological polar surface area (TPSA) is 30.9 Å². The van der Waals surface area contributed by atoms with Crippen LogP contribution >= 0.6 is 0 Å².